The highest BCUT2D eigenvalue weighted by Crippen LogP contribution is 2.18. The molecule has 8 heteroatoms. The molecule has 6 nitrogen and oxygen atoms in total. The quantitative estimate of drug-likeness (QED) is 0.852. The Kier molecular flexibility index (Phi) is 5.62. The predicted molar refractivity (Wildman–Crippen MR) is 93.3 cm³/mol. The Balaban J connectivity index is 1.54. The highest BCUT2D eigenvalue weighted by atomic mass is 19.3. The molecule has 1 aliphatic rings. The highest BCUT2D eigenvalue weighted by molar-refractivity contribution is 5.91. The van der Waals surface area contributed by atoms with Gasteiger partial charge in [0.25, 0.3) is 5.91 Å². The van der Waals surface area contributed by atoms with E-state index in [-0.39, 0.29) is 11.4 Å². The van der Waals surface area contributed by atoms with Gasteiger partial charge in [0.2, 0.25) is 0 Å². The van der Waals surface area contributed by atoms with Gasteiger partial charge in [-0.3, -0.25) is 9.69 Å². The molecular weight excluding hydrogens is 342 g/mol. The number of benzene rings is 1. The van der Waals surface area contributed by atoms with Crippen LogP contribution in [0.4, 0.5) is 14.6 Å². The third kappa shape index (κ3) is 4.66. The molecule has 1 fully saturated rings. The lowest BCUT2D eigenvalue weighted by atomic mass is 10.2. The van der Waals surface area contributed by atoms with Crippen molar-refractivity contribution in [1.29, 1.82) is 0 Å². The van der Waals surface area contributed by atoms with Gasteiger partial charge in [-0.15, -0.1) is 0 Å². The third-order valence-corrected chi connectivity index (χ3v) is 4.24. The van der Waals surface area contributed by atoms with Crippen molar-refractivity contribution in [1.82, 2.24) is 9.88 Å². The topological polar surface area (TPSA) is 71.7 Å². The fraction of sp³-hybridized carbons (Fsp3) is 0.333. The van der Waals surface area contributed by atoms with Gasteiger partial charge in [-0.1, -0.05) is 18.2 Å². The number of anilines is 1. The van der Waals surface area contributed by atoms with E-state index in [1.807, 2.05) is 6.07 Å². The van der Waals surface area contributed by atoms with Crippen molar-refractivity contribution in [2.75, 3.05) is 31.1 Å². The third-order valence-electron chi connectivity index (χ3n) is 4.24. The summed E-state index contributed by atoms with van der Waals surface area (Å²) >= 11 is 0. The zero-order chi connectivity index (χ0) is 18.5. The number of piperazine rings is 1. The number of ether oxygens (including phenoxy) is 1. The summed E-state index contributed by atoms with van der Waals surface area (Å²) in [6, 6.07) is 11.9. The van der Waals surface area contributed by atoms with Gasteiger partial charge in [0.1, 0.15) is 17.3 Å². The minimum atomic E-state index is -2.81. The van der Waals surface area contributed by atoms with Gasteiger partial charge >= 0.3 is 6.61 Å². The molecule has 0 unspecified atom stereocenters. The largest absolute Gasteiger partial charge is 0.435 e. The SMILES string of the molecule is NC(=O)c1cccc(N2CCN(Cc3ccc(OC(F)F)cc3)CC2)n1. The van der Waals surface area contributed by atoms with Crippen LogP contribution in [0, 0.1) is 0 Å². The lowest BCUT2D eigenvalue weighted by Crippen LogP contribution is -2.46. The molecule has 2 heterocycles. The van der Waals surface area contributed by atoms with Crippen LogP contribution in [0.5, 0.6) is 5.75 Å². The van der Waals surface area contributed by atoms with Gasteiger partial charge in [-0.25, -0.2) is 4.98 Å². The number of pyridine rings is 1. The minimum Gasteiger partial charge on any atom is -0.435 e. The van der Waals surface area contributed by atoms with Crippen molar-refractivity contribution in [2.45, 2.75) is 13.2 Å². The summed E-state index contributed by atoms with van der Waals surface area (Å²) in [5, 5.41) is 0. The molecule has 0 spiro atoms. The standard InChI is InChI=1S/C18H20F2N4O2/c19-18(20)26-14-6-4-13(5-7-14)12-23-8-10-24(11-9-23)16-3-1-2-15(22-16)17(21)25/h1-7,18H,8-12H2,(H2,21,25). The Morgan fingerprint density at radius 1 is 1.12 bits per heavy atom. The molecule has 1 aliphatic heterocycles. The lowest BCUT2D eigenvalue weighted by Gasteiger charge is -2.35. The van der Waals surface area contributed by atoms with Crippen LogP contribution in [-0.2, 0) is 6.54 Å². The van der Waals surface area contributed by atoms with Crippen molar-refractivity contribution in [3.05, 3.63) is 53.7 Å². The molecule has 3 rings (SSSR count). The Hall–Kier alpha value is -2.74. The molecular formula is C18H20F2N4O2. The van der Waals surface area contributed by atoms with Crippen LogP contribution in [0.25, 0.3) is 0 Å². The molecule has 1 aromatic carbocycles. The second kappa shape index (κ2) is 8.09. The first kappa shape index (κ1) is 18.1. The number of hydrogen-bond acceptors (Lipinski definition) is 5. The number of aromatic nitrogens is 1. The first-order valence-corrected chi connectivity index (χ1v) is 8.29. The number of primary amides is 1. The lowest BCUT2D eigenvalue weighted by molar-refractivity contribution is -0.0498. The molecule has 138 valence electrons. The van der Waals surface area contributed by atoms with Crippen LogP contribution >= 0.6 is 0 Å². The Morgan fingerprint density at radius 2 is 1.81 bits per heavy atom. The molecule has 0 saturated carbocycles. The first-order valence-electron chi connectivity index (χ1n) is 8.29. The van der Waals surface area contributed by atoms with E-state index in [1.54, 1.807) is 36.4 Å². The zero-order valence-electron chi connectivity index (χ0n) is 14.1. The maximum Gasteiger partial charge on any atom is 0.387 e. The maximum atomic E-state index is 12.2. The fourth-order valence-electron chi connectivity index (χ4n) is 2.91. The molecule has 0 atom stereocenters. The van der Waals surface area contributed by atoms with Crippen LogP contribution in [0.15, 0.2) is 42.5 Å². The predicted octanol–water partition coefficient (Wildman–Crippen LogP) is 2.10. The van der Waals surface area contributed by atoms with E-state index in [4.69, 9.17) is 5.73 Å². The molecule has 2 N–H and O–H groups in total. The van der Waals surface area contributed by atoms with E-state index in [2.05, 4.69) is 19.5 Å². The van der Waals surface area contributed by atoms with Crippen molar-refractivity contribution >= 4 is 11.7 Å². The van der Waals surface area contributed by atoms with E-state index in [1.165, 1.54) is 0 Å². The molecule has 1 aromatic heterocycles. The fourth-order valence-corrected chi connectivity index (χ4v) is 2.91. The van der Waals surface area contributed by atoms with Gasteiger partial charge in [-0.05, 0) is 29.8 Å². The van der Waals surface area contributed by atoms with Crippen molar-refractivity contribution < 1.29 is 18.3 Å². The van der Waals surface area contributed by atoms with Gasteiger partial charge in [0, 0.05) is 32.7 Å². The second-order valence-electron chi connectivity index (χ2n) is 6.03. The molecule has 1 saturated heterocycles. The van der Waals surface area contributed by atoms with Gasteiger partial charge < -0.3 is 15.4 Å². The van der Waals surface area contributed by atoms with Crippen molar-refractivity contribution in [3.63, 3.8) is 0 Å². The van der Waals surface area contributed by atoms with E-state index in [9.17, 15) is 13.6 Å². The molecule has 0 radical (unpaired) electrons. The molecule has 1 amide bonds. The number of nitrogens with two attached hydrogens (primary N) is 1. The van der Waals surface area contributed by atoms with Crippen LogP contribution in [-0.4, -0.2) is 48.6 Å². The van der Waals surface area contributed by atoms with E-state index in [0.29, 0.717) is 0 Å². The normalized spacial score (nSPS) is 15.3. The summed E-state index contributed by atoms with van der Waals surface area (Å²) in [4.78, 5) is 19.9. The van der Waals surface area contributed by atoms with Crippen LogP contribution in [0.1, 0.15) is 16.1 Å². The van der Waals surface area contributed by atoms with Gasteiger partial charge in [-0.2, -0.15) is 8.78 Å². The molecule has 0 bridgehead atoms. The smallest absolute Gasteiger partial charge is 0.387 e. The minimum absolute atomic E-state index is 0.161. The molecule has 26 heavy (non-hydrogen) atoms. The van der Waals surface area contributed by atoms with Crippen LogP contribution < -0.4 is 15.4 Å². The van der Waals surface area contributed by atoms with E-state index < -0.39 is 12.5 Å². The Morgan fingerprint density at radius 3 is 2.42 bits per heavy atom. The monoisotopic (exact) mass is 362 g/mol. The van der Waals surface area contributed by atoms with Crippen LogP contribution in [0.3, 0.4) is 0 Å². The number of halogens is 2. The number of rotatable bonds is 6. The average molecular weight is 362 g/mol. The number of carbonyl (C=O) groups excluding carboxylic acids is 1. The van der Waals surface area contributed by atoms with Crippen LogP contribution in [0.2, 0.25) is 0 Å². The Bertz CT molecular complexity index is 747. The second-order valence-corrected chi connectivity index (χ2v) is 6.03. The van der Waals surface area contributed by atoms with Gasteiger partial charge in [0.05, 0.1) is 0 Å². The molecule has 2 aromatic rings. The average Bonchev–Trinajstić information content (AvgIpc) is 2.64. The van der Waals surface area contributed by atoms with Crippen molar-refractivity contribution in [3.8, 4) is 5.75 Å². The summed E-state index contributed by atoms with van der Waals surface area (Å²) in [5.41, 5.74) is 6.57. The number of carbonyl (C=O) groups is 1. The molecule has 0 aliphatic carbocycles. The highest BCUT2D eigenvalue weighted by Gasteiger charge is 2.19. The van der Waals surface area contributed by atoms with Gasteiger partial charge in [0.15, 0.2) is 0 Å². The summed E-state index contributed by atoms with van der Waals surface area (Å²) in [5.74, 6) is 0.369. The number of alkyl halides is 2. The maximum absolute atomic E-state index is 12.2. The van der Waals surface area contributed by atoms with E-state index >= 15 is 0 Å². The van der Waals surface area contributed by atoms with Crippen molar-refractivity contribution in [2.24, 2.45) is 5.73 Å². The number of nitrogens with zero attached hydrogens (tertiary/aromatic N) is 3. The van der Waals surface area contributed by atoms with E-state index in [0.717, 1.165) is 44.1 Å². The zero-order valence-corrected chi connectivity index (χ0v) is 14.1. The summed E-state index contributed by atoms with van der Waals surface area (Å²) in [6.07, 6.45) is 0. The summed E-state index contributed by atoms with van der Waals surface area (Å²) in [6.45, 7) is 1.15. The first-order chi connectivity index (χ1) is 12.5. The summed E-state index contributed by atoms with van der Waals surface area (Å²) < 4.78 is 28.7. The summed E-state index contributed by atoms with van der Waals surface area (Å²) in [7, 11) is 0. The number of hydrogen-bond donors (Lipinski definition) is 1. The number of amides is 1. The Labute approximate surface area is 150 Å².